The van der Waals surface area contributed by atoms with Crippen LogP contribution in [0.3, 0.4) is 0 Å². The maximum atomic E-state index is 12.5. The Morgan fingerprint density at radius 2 is 0.627 bits per heavy atom. The molecule has 0 heterocycles. The van der Waals surface area contributed by atoms with Gasteiger partial charge in [0, 0.05) is 12.8 Å². The summed E-state index contributed by atoms with van der Waals surface area (Å²) in [7, 11) is 0. The lowest BCUT2D eigenvalue weighted by atomic mass is 10.0. The van der Waals surface area contributed by atoms with Crippen molar-refractivity contribution in [1.82, 2.24) is 5.32 Å². The minimum absolute atomic E-state index is 0.00807. The first-order valence-corrected chi connectivity index (χ1v) is 34.4. The van der Waals surface area contributed by atoms with E-state index in [-0.39, 0.29) is 18.5 Å². The number of carbonyl (C=O) groups excluding carboxylic acids is 2. The molecule has 0 aromatic heterocycles. The molecule has 0 aliphatic rings. The van der Waals surface area contributed by atoms with E-state index in [1.807, 2.05) is 0 Å². The van der Waals surface area contributed by atoms with E-state index in [9.17, 15) is 19.8 Å². The highest BCUT2D eigenvalue weighted by molar-refractivity contribution is 5.76. The second-order valence-corrected chi connectivity index (χ2v) is 23.9. The van der Waals surface area contributed by atoms with Gasteiger partial charge in [0.15, 0.2) is 0 Å². The third kappa shape index (κ3) is 61.7. The van der Waals surface area contributed by atoms with Gasteiger partial charge in [-0.2, -0.15) is 0 Å². The Balaban J connectivity index is 3.36. The van der Waals surface area contributed by atoms with Crippen LogP contribution in [0.5, 0.6) is 0 Å². The van der Waals surface area contributed by atoms with Crippen molar-refractivity contribution in [2.45, 2.75) is 405 Å². The molecule has 0 aromatic carbocycles. The van der Waals surface area contributed by atoms with Crippen LogP contribution in [0.4, 0.5) is 0 Å². The number of allylic oxidation sites excluding steroid dienone is 2. The number of hydrogen-bond acceptors (Lipinski definition) is 5. The molecule has 446 valence electrons. The summed E-state index contributed by atoms with van der Waals surface area (Å²) in [5, 5.41) is 23.4. The van der Waals surface area contributed by atoms with Gasteiger partial charge < -0.3 is 20.3 Å². The molecule has 0 aliphatic carbocycles. The summed E-state index contributed by atoms with van der Waals surface area (Å²) in [4.78, 5) is 24.6. The van der Waals surface area contributed by atoms with Crippen molar-refractivity contribution in [3.8, 4) is 0 Å². The van der Waals surface area contributed by atoms with E-state index in [0.29, 0.717) is 25.9 Å². The number of amides is 1. The third-order valence-corrected chi connectivity index (χ3v) is 16.3. The summed E-state index contributed by atoms with van der Waals surface area (Å²) >= 11 is 0. The number of carbonyl (C=O) groups is 2. The maximum absolute atomic E-state index is 12.5. The monoisotopic (exact) mass is 1060 g/mol. The number of ether oxygens (including phenoxy) is 1. The molecule has 0 aliphatic heterocycles. The summed E-state index contributed by atoms with van der Waals surface area (Å²) in [5.74, 6) is -0.0201. The van der Waals surface area contributed by atoms with Gasteiger partial charge in [0.1, 0.15) is 0 Å². The first kappa shape index (κ1) is 73.6. The number of hydrogen-bond donors (Lipinski definition) is 3. The quantitative estimate of drug-likeness (QED) is 0.0320. The van der Waals surface area contributed by atoms with Crippen LogP contribution >= 0.6 is 0 Å². The van der Waals surface area contributed by atoms with E-state index in [2.05, 4.69) is 31.3 Å². The molecule has 0 saturated heterocycles. The van der Waals surface area contributed by atoms with Crippen molar-refractivity contribution >= 4 is 11.9 Å². The fourth-order valence-electron chi connectivity index (χ4n) is 11.1. The highest BCUT2D eigenvalue weighted by atomic mass is 16.5. The summed E-state index contributed by atoms with van der Waals surface area (Å²) < 4.78 is 5.47. The van der Waals surface area contributed by atoms with Crippen molar-refractivity contribution in [1.29, 1.82) is 0 Å². The van der Waals surface area contributed by atoms with Crippen LogP contribution in [0.25, 0.3) is 0 Å². The van der Waals surface area contributed by atoms with Crippen LogP contribution in [0.15, 0.2) is 12.2 Å². The first-order chi connectivity index (χ1) is 37.0. The van der Waals surface area contributed by atoms with E-state index in [4.69, 9.17) is 4.74 Å². The van der Waals surface area contributed by atoms with Crippen molar-refractivity contribution in [3.05, 3.63) is 12.2 Å². The van der Waals surface area contributed by atoms with Crippen molar-refractivity contribution in [2.75, 3.05) is 13.2 Å². The zero-order chi connectivity index (χ0) is 54.3. The SMILES string of the molecule is CCCCC/C=C\CCCCCCCC(=O)OCCCCCCCCCCCCCCCCCCCCCCCCCCCCC(=O)NC(CO)C(O)CCCCCCCCCCCCCCCCCCCCCC. The number of nitrogens with one attached hydrogen (secondary N) is 1. The Morgan fingerprint density at radius 3 is 0.973 bits per heavy atom. The van der Waals surface area contributed by atoms with Gasteiger partial charge in [0.05, 0.1) is 25.4 Å². The average Bonchev–Trinajstić information content (AvgIpc) is 3.41. The molecule has 0 aromatic rings. The van der Waals surface area contributed by atoms with Crippen LogP contribution < -0.4 is 5.32 Å². The van der Waals surface area contributed by atoms with Crippen LogP contribution in [-0.4, -0.2) is 47.4 Å². The molecule has 6 nitrogen and oxygen atoms in total. The Morgan fingerprint density at radius 1 is 0.360 bits per heavy atom. The molecule has 0 fully saturated rings. The predicted molar refractivity (Wildman–Crippen MR) is 329 cm³/mol. The van der Waals surface area contributed by atoms with E-state index in [0.717, 1.165) is 44.9 Å². The highest BCUT2D eigenvalue weighted by Crippen LogP contribution is 2.19. The zero-order valence-electron chi connectivity index (χ0n) is 51.1. The lowest BCUT2D eigenvalue weighted by molar-refractivity contribution is -0.143. The lowest BCUT2D eigenvalue weighted by Gasteiger charge is -2.22. The van der Waals surface area contributed by atoms with Crippen molar-refractivity contribution in [2.24, 2.45) is 0 Å². The molecule has 0 rings (SSSR count). The van der Waals surface area contributed by atoms with Gasteiger partial charge in [-0.15, -0.1) is 0 Å². The summed E-state index contributed by atoms with van der Waals surface area (Å²) in [5.41, 5.74) is 0. The molecule has 0 spiro atoms. The molecular weight excluding hydrogens is 923 g/mol. The molecular formula is C69H135NO5. The Labute approximate surface area is 469 Å². The molecule has 0 saturated carbocycles. The van der Waals surface area contributed by atoms with E-state index in [1.165, 1.54) is 315 Å². The zero-order valence-corrected chi connectivity index (χ0v) is 51.1. The summed E-state index contributed by atoms with van der Waals surface area (Å²) in [6, 6.07) is -0.540. The second kappa shape index (κ2) is 65.1. The average molecular weight is 1060 g/mol. The van der Waals surface area contributed by atoms with Gasteiger partial charge in [-0.25, -0.2) is 0 Å². The largest absolute Gasteiger partial charge is 0.466 e. The van der Waals surface area contributed by atoms with Crippen LogP contribution in [-0.2, 0) is 14.3 Å². The number of rotatable bonds is 65. The molecule has 3 N–H and O–H groups in total. The highest BCUT2D eigenvalue weighted by Gasteiger charge is 2.20. The molecule has 1 amide bonds. The minimum atomic E-state index is -0.663. The molecule has 6 heteroatoms. The number of esters is 1. The van der Waals surface area contributed by atoms with E-state index in [1.54, 1.807) is 0 Å². The standard InChI is InChI=1S/C69H135NO5/c1-3-5-7-9-11-13-15-17-18-19-20-29-32-35-38-41-45-49-53-57-61-67(72)66(65-71)70-68(73)62-58-54-50-46-42-39-36-33-30-27-25-23-21-22-24-26-28-31-34-37-40-44-48-52-56-60-64-75-69(74)63-59-55-51-47-43-16-14-12-10-8-6-4-2/h12,14,66-67,71-72H,3-11,13,15-65H2,1-2H3,(H,70,73)/b14-12-. The normalized spacial score (nSPS) is 12.5. The van der Waals surface area contributed by atoms with Crippen molar-refractivity contribution in [3.63, 3.8) is 0 Å². The van der Waals surface area contributed by atoms with Gasteiger partial charge in [0.25, 0.3) is 0 Å². The van der Waals surface area contributed by atoms with Crippen LogP contribution in [0.1, 0.15) is 393 Å². The smallest absolute Gasteiger partial charge is 0.305 e. The van der Waals surface area contributed by atoms with Gasteiger partial charge in [-0.3, -0.25) is 9.59 Å². The minimum Gasteiger partial charge on any atom is -0.466 e. The third-order valence-electron chi connectivity index (χ3n) is 16.3. The Kier molecular flexibility index (Phi) is 63.9. The Hall–Kier alpha value is -1.40. The summed E-state index contributed by atoms with van der Waals surface area (Å²) in [6.07, 6.45) is 79.7. The molecule has 75 heavy (non-hydrogen) atoms. The fraction of sp³-hybridized carbons (Fsp3) is 0.942. The Bertz CT molecular complexity index is 1130. The predicted octanol–water partition coefficient (Wildman–Crippen LogP) is 22.0. The molecule has 0 bridgehead atoms. The van der Waals surface area contributed by atoms with Gasteiger partial charge in [0.2, 0.25) is 5.91 Å². The van der Waals surface area contributed by atoms with Crippen LogP contribution in [0.2, 0.25) is 0 Å². The van der Waals surface area contributed by atoms with Gasteiger partial charge >= 0.3 is 5.97 Å². The number of aliphatic hydroxyl groups excluding tert-OH is 2. The topological polar surface area (TPSA) is 95.9 Å². The summed E-state index contributed by atoms with van der Waals surface area (Å²) in [6.45, 7) is 4.97. The van der Waals surface area contributed by atoms with E-state index >= 15 is 0 Å². The van der Waals surface area contributed by atoms with Crippen LogP contribution in [0, 0.1) is 0 Å². The second-order valence-electron chi connectivity index (χ2n) is 23.9. The van der Waals surface area contributed by atoms with Crippen molar-refractivity contribution < 1.29 is 24.5 Å². The lowest BCUT2D eigenvalue weighted by Crippen LogP contribution is -2.45. The van der Waals surface area contributed by atoms with E-state index < -0.39 is 12.1 Å². The molecule has 2 unspecified atom stereocenters. The maximum Gasteiger partial charge on any atom is 0.305 e. The first-order valence-electron chi connectivity index (χ1n) is 34.4. The van der Waals surface area contributed by atoms with Gasteiger partial charge in [-0.1, -0.05) is 341 Å². The number of unbranched alkanes of at least 4 members (excludes halogenated alkanes) is 52. The number of aliphatic hydroxyl groups is 2. The molecule has 2 atom stereocenters. The van der Waals surface area contributed by atoms with Gasteiger partial charge in [-0.05, 0) is 51.4 Å². The molecule has 0 radical (unpaired) electrons. The fourth-order valence-corrected chi connectivity index (χ4v) is 11.1.